The summed E-state index contributed by atoms with van der Waals surface area (Å²) < 4.78 is 26.1. The van der Waals surface area contributed by atoms with Crippen molar-refractivity contribution in [3.8, 4) is 11.1 Å². The standard InChI is InChI=1S/C22H19Cl2N5O4S.C2H6/c1-3-26-34(31,32)15-7-4-6-14(11-15)27-22-25-12-13-10-16(19-17(23)8-5-9-18(19)24)21(30)29(33-2)20(13)28-22;1-2/h4-12,26H,3H2,1-2H3,(H-,25,27,28,30,31);1-2H3/p+1. The third-order valence-electron chi connectivity index (χ3n) is 4.87. The summed E-state index contributed by atoms with van der Waals surface area (Å²) in [7, 11) is -2.04. The maximum absolute atomic E-state index is 13.2. The van der Waals surface area contributed by atoms with E-state index in [4.69, 9.17) is 28.0 Å². The van der Waals surface area contributed by atoms with Gasteiger partial charge in [0.2, 0.25) is 0 Å². The van der Waals surface area contributed by atoms with E-state index in [0.717, 1.165) is 4.73 Å². The predicted molar refractivity (Wildman–Crippen MR) is 146 cm³/mol. The van der Waals surface area contributed by atoms with Gasteiger partial charge in [-0.1, -0.05) is 43.1 Å². The third-order valence-corrected chi connectivity index (χ3v) is 7.07. The van der Waals surface area contributed by atoms with Crippen molar-refractivity contribution in [1.82, 2.24) is 19.4 Å². The Labute approximate surface area is 219 Å². The second kappa shape index (κ2) is 11.9. The Morgan fingerprint density at radius 3 is 2.44 bits per heavy atom. The molecule has 2 aromatic carbocycles. The Bertz CT molecular complexity index is 1550. The fourth-order valence-electron chi connectivity index (χ4n) is 3.39. The van der Waals surface area contributed by atoms with Crippen molar-refractivity contribution < 1.29 is 13.4 Å². The van der Waals surface area contributed by atoms with Gasteiger partial charge >= 0.3 is 155 Å². The molecule has 0 bridgehead atoms. The van der Waals surface area contributed by atoms with Crippen molar-refractivity contribution in [1.29, 1.82) is 0 Å². The summed E-state index contributed by atoms with van der Waals surface area (Å²) in [6.07, 6.45) is 1.52. The van der Waals surface area contributed by atoms with Gasteiger partial charge in [0.05, 0.1) is 10.0 Å². The van der Waals surface area contributed by atoms with Crippen molar-refractivity contribution in [2.45, 2.75) is 25.7 Å². The molecule has 2 aromatic heterocycles. The molecule has 3 N–H and O–H groups in total. The number of fused-ring (bicyclic) bond motifs is 1. The summed E-state index contributed by atoms with van der Waals surface area (Å²) in [5, 5.41) is 4.14. The summed E-state index contributed by atoms with van der Waals surface area (Å²) in [4.78, 5) is 27.4. The van der Waals surface area contributed by atoms with Gasteiger partial charge in [0.25, 0.3) is 0 Å². The summed E-state index contributed by atoms with van der Waals surface area (Å²) >= 11 is 12.6. The Kier molecular flexibility index (Phi) is 9.18. The Morgan fingerprint density at radius 2 is 1.81 bits per heavy atom. The zero-order valence-corrected chi connectivity index (χ0v) is 22.4. The molecule has 4 rings (SSSR count). The zero-order chi connectivity index (χ0) is 26.5. The number of benzene rings is 2. The molecule has 1 atom stereocenters. The molecule has 0 saturated heterocycles. The van der Waals surface area contributed by atoms with Gasteiger partial charge in [-0.3, -0.25) is 0 Å². The van der Waals surface area contributed by atoms with Gasteiger partial charge in [-0.25, -0.2) is 0 Å². The van der Waals surface area contributed by atoms with E-state index in [1.807, 2.05) is 13.8 Å². The average Bonchev–Trinajstić information content (AvgIpc) is 2.86. The van der Waals surface area contributed by atoms with Gasteiger partial charge in [-0.2, -0.15) is 0 Å². The van der Waals surface area contributed by atoms with Gasteiger partial charge in [-0.15, -0.1) is 0 Å². The Balaban J connectivity index is 0.00000176. The molecule has 4 aromatic rings. The van der Waals surface area contributed by atoms with Crippen LogP contribution in [0, 0.1) is 0 Å². The Hall–Kier alpha value is -2.86. The number of rotatable bonds is 5. The van der Waals surface area contributed by atoms with Crippen LogP contribution in [0.15, 0.2) is 64.4 Å². The van der Waals surface area contributed by atoms with Crippen molar-refractivity contribution in [2.75, 3.05) is 19.0 Å². The molecule has 12 heteroatoms. The fraction of sp³-hybridized carbons (Fsp3) is 0.208. The predicted octanol–water partition coefficient (Wildman–Crippen LogP) is 6.10. The maximum atomic E-state index is 13.2. The fourth-order valence-corrected chi connectivity index (χ4v) is 5.10. The monoisotopic (exact) mass is 550 g/mol. The minimum atomic E-state index is -3.38. The molecule has 0 aliphatic carbocycles. The van der Waals surface area contributed by atoms with Crippen molar-refractivity contribution >= 4 is 56.1 Å². The van der Waals surface area contributed by atoms with Crippen LogP contribution in [-0.4, -0.2) is 32.9 Å². The van der Waals surface area contributed by atoms with Gasteiger partial charge in [0, 0.05) is 0 Å². The minimum absolute atomic E-state index is 0.159. The summed E-state index contributed by atoms with van der Waals surface area (Å²) in [5.74, 6) is 0.159. The number of halogens is 2. The molecule has 0 saturated carbocycles. The second-order valence-corrected chi connectivity index (χ2v) is 9.71. The molecule has 0 radical (unpaired) electrons. The van der Waals surface area contributed by atoms with Crippen molar-refractivity contribution in [3.63, 3.8) is 0 Å². The molecule has 0 amide bonds. The topological polar surface area (TPSA) is 121 Å². The quantitative estimate of drug-likeness (QED) is 0.256. The van der Waals surface area contributed by atoms with E-state index in [2.05, 4.69) is 20.0 Å². The van der Waals surface area contributed by atoms with Crippen molar-refractivity contribution in [3.05, 3.63) is 75.1 Å². The van der Waals surface area contributed by atoms with Crippen LogP contribution < -0.4 is 20.4 Å². The number of aromatic nitrogens is 3. The normalized spacial score (nSPS) is 12.4. The first-order valence-electron chi connectivity index (χ1n) is 11.0. The zero-order valence-electron chi connectivity index (χ0n) is 20.1. The number of hydrogen-bond donors (Lipinski definition) is 3. The SMILES string of the molecule is CC.CCNS(#[O+])(O)c1cccc(Nc2ncc3cc(-c4c(Cl)cccc4Cl)c(=O)n(OC)c3n2)c1. The van der Waals surface area contributed by atoms with E-state index < -0.39 is 15.8 Å². The van der Waals surface area contributed by atoms with E-state index >= 15 is 0 Å². The first-order valence-corrected chi connectivity index (χ1v) is 13.3. The van der Waals surface area contributed by atoms with E-state index in [-0.39, 0.29) is 22.1 Å². The van der Waals surface area contributed by atoms with E-state index in [0.29, 0.717) is 33.2 Å². The second-order valence-electron chi connectivity index (χ2n) is 7.09. The molecule has 0 aliphatic heterocycles. The first kappa shape index (κ1) is 27.7. The molecule has 0 aliphatic rings. The number of hydrogen-bond acceptors (Lipinski definition) is 7. The molecular formula is C24H26Cl2N5O4S+. The number of pyridine rings is 1. The molecule has 36 heavy (non-hydrogen) atoms. The van der Waals surface area contributed by atoms with Crippen molar-refractivity contribution in [2.24, 2.45) is 0 Å². The van der Waals surface area contributed by atoms with Crippen LogP contribution in [0.25, 0.3) is 22.2 Å². The third kappa shape index (κ3) is 5.75. The molecule has 190 valence electrons. The van der Waals surface area contributed by atoms with Crippen LogP contribution >= 0.6 is 33.4 Å². The Morgan fingerprint density at radius 1 is 1.14 bits per heavy atom. The molecule has 9 nitrogen and oxygen atoms in total. The molecule has 2 heterocycles. The summed E-state index contributed by atoms with van der Waals surface area (Å²) in [6, 6.07) is 13.0. The molecule has 0 fully saturated rings. The van der Waals surface area contributed by atoms with Gasteiger partial charge in [0.15, 0.2) is 0 Å². The average molecular weight is 551 g/mol. The number of nitrogens with zero attached hydrogens (tertiary/aromatic N) is 3. The molecular weight excluding hydrogens is 525 g/mol. The summed E-state index contributed by atoms with van der Waals surface area (Å²) in [5.41, 5.74) is 0.829. The van der Waals surface area contributed by atoms with Gasteiger partial charge in [0.1, 0.15) is 0 Å². The van der Waals surface area contributed by atoms with Crippen LogP contribution in [0.1, 0.15) is 20.8 Å². The van der Waals surface area contributed by atoms with Crippen LogP contribution in [0.2, 0.25) is 10.0 Å². The first-order chi connectivity index (χ1) is 17.2. The summed E-state index contributed by atoms with van der Waals surface area (Å²) in [6.45, 7) is 6.07. The van der Waals surface area contributed by atoms with Crippen LogP contribution in [0.5, 0.6) is 0 Å². The van der Waals surface area contributed by atoms with Crippen LogP contribution in [0.3, 0.4) is 0 Å². The van der Waals surface area contributed by atoms with Gasteiger partial charge in [-0.05, 0) is 12.1 Å². The number of nitrogens with one attached hydrogen (secondary N) is 2. The van der Waals surface area contributed by atoms with Gasteiger partial charge < -0.3 is 0 Å². The van der Waals surface area contributed by atoms with Crippen LogP contribution in [0.4, 0.5) is 11.6 Å². The van der Waals surface area contributed by atoms with Crippen LogP contribution in [-0.2, 0) is 4.04 Å². The molecule has 0 spiro atoms. The number of anilines is 2. The van der Waals surface area contributed by atoms with E-state index in [9.17, 15) is 13.4 Å². The molecule has 1 unspecified atom stereocenters. The van der Waals surface area contributed by atoms with E-state index in [1.54, 1.807) is 49.4 Å². The van der Waals surface area contributed by atoms with E-state index in [1.165, 1.54) is 19.4 Å².